The number of furan rings is 1. The Balaban J connectivity index is 1.62. The zero-order valence-electron chi connectivity index (χ0n) is 14.2. The van der Waals surface area contributed by atoms with Gasteiger partial charge < -0.3 is 9.52 Å². The molecule has 4 rings (SSSR count). The van der Waals surface area contributed by atoms with Crippen molar-refractivity contribution in [1.29, 1.82) is 0 Å². The van der Waals surface area contributed by atoms with Gasteiger partial charge in [-0.1, -0.05) is 54.3 Å². The maximum Gasteiger partial charge on any atom is 0.337 e. The molecule has 0 saturated carbocycles. The Morgan fingerprint density at radius 3 is 2.71 bits per heavy atom. The standard InChI is InChI=1S/C20H12N2O4S2/c23-18-17(9-15-6-7-16(26-15)12-4-2-1-3-5-12)28-20(27)22(18)14-8-13(19(24)25)10-21-11-14/h1-11H,(H,24,25)/b17-9+. The van der Waals surface area contributed by atoms with Crippen LogP contribution < -0.4 is 4.90 Å². The van der Waals surface area contributed by atoms with Gasteiger partial charge in [-0.3, -0.25) is 14.7 Å². The number of rotatable bonds is 4. The molecule has 138 valence electrons. The second-order valence-electron chi connectivity index (χ2n) is 5.82. The Kier molecular flexibility index (Phi) is 4.81. The number of pyridine rings is 1. The zero-order valence-corrected chi connectivity index (χ0v) is 15.9. The number of hydrogen-bond donors (Lipinski definition) is 1. The van der Waals surface area contributed by atoms with Gasteiger partial charge in [0.2, 0.25) is 0 Å². The molecule has 0 atom stereocenters. The number of hydrogen-bond acceptors (Lipinski definition) is 6. The molecular formula is C20H12N2O4S2. The van der Waals surface area contributed by atoms with Gasteiger partial charge in [0.15, 0.2) is 4.32 Å². The van der Waals surface area contributed by atoms with Crippen molar-refractivity contribution < 1.29 is 19.1 Å². The predicted molar refractivity (Wildman–Crippen MR) is 111 cm³/mol. The average molecular weight is 408 g/mol. The fraction of sp³-hybridized carbons (Fsp3) is 0. The van der Waals surface area contributed by atoms with E-state index in [-0.39, 0.29) is 11.5 Å². The smallest absolute Gasteiger partial charge is 0.337 e. The first-order valence-electron chi connectivity index (χ1n) is 8.14. The predicted octanol–water partition coefficient (Wildman–Crippen LogP) is 4.45. The molecule has 1 amide bonds. The van der Waals surface area contributed by atoms with Crippen molar-refractivity contribution in [3.63, 3.8) is 0 Å². The van der Waals surface area contributed by atoms with E-state index in [9.17, 15) is 9.59 Å². The highest BCUT2D eigenvalue weighted by atomic mass is 32.2. The Hall–Kier alpha value is -3.23. The van der Waals surface area contributed by atoms with Gasteiger partial charge in [0.1, 0.15) is 11.5 Å². The van der Waals surface area contributed by atoms with Gasteiger partial charge in [-0.25, -0.2) is 4.79 Å². The molecule has 0 aliphatic carbocycles. The minimum atomic E-state index is -1.13. The van der Waals surface area contributed by atoms with Crippen molar-refractivity contribution in [2.24, 2.45) is 0 Å². The number of carbonyl (C=O) groups excluding carboxylic acids is 1. The molecule has 2 aromatic heterocycles. The third kappa shape index (κ3) is 3.47. The molecule has 0 spiro atoms. The summed E-state index contributed by atoms with van der Waals surface area (Å²) in [5.74, 6) is -0.256. The molecule has 0 bridgehead atoms. The highest BCUT2D eigenvalue weighted by Crippen LogP contribution is 2.36. The lowest BCUT2D eigenvalue weighted by atomic mass is 10.2. The van der Waals surface area contributed by atoms with Crippen molar-refractivity contribution >= 4 is 51.9 Å². The number of carbonyl (C=O) groups is 2. The number of anilines is 1. The largest absolute Gasteiger partial charge is 0.478 e. The number of amides is 1. The monoisotopic (exact) mass is 408 g/mol. The molecule has 0 unspecified atom stereocenters. The number of benzene rings is 1. The lowest BCUT2D eigenvalue weighted by molar-refractivity contribution is -0.113. The molecule has 8 heteroatoms. The zero-order chi connectivity index (χ0) is 19.7. The summed E-state index contributed by atoms with van der Waals surface area (Å²) in [6.07, 6.45) is 4.24. The molecule has 1 aliphatic heterocycles. The van der Waals surface area contributed by atoms with E-state index in [0.717, 1.165) is 17.3 Å². The quantitative estimate of drug-likeness (QED) is 0.504. The van der Waals surface area contributed by atoms with Crippen LogP contribution in [0.4, 0.5) is 5.69 Å². The van der Waals surface area contributed by atoms with Crippen LogP contribution in [0.5, 0.6) is 0 Å². The van der Waals surface area contributed by atoms with Crippen molar-refractivity contribution in [2.45, 2.75) is 0 Å². The van der Waals surface area contributed by atoms with Crippen molar-refractivity contribution in [3.05, 3.63) is 77.2 Å². The molecule has 1 aromatic carbocycles. The van der Waals surface area contributed by atoms with Crippen molar-refractivity contribution in [3.8, 4) is 11.3 Å². The lowest BCUT2D eigenvalue weighted by Crippen LogP contribution is -2.27. The second-order valence-corrected chi connectivity index (χ2v) is 7.50. The van der Waals surface area contributed by atoms with Crippen molar-refractivity contribution in [1.82, 2.24) is 4.98 Å². The highest BCUT2D eigenvalue weighted by molar-refractivity contribution is 8.27. The number of carboxylic acids is 1. The molecular weight excluding hydrogens is 396 g/mol. The first-order chi connectivity index (χ1) is 13.5. The summed E-state index contributed by atoms with van der Waals surface area (Å²) in [4.78, 5) is 29.5. The molecule has 28 heavy (non-hydrogen) atoms. The highest BCUT2D eigenvalue weighted by Gasteiger charge is 2.34. The number of nitrogens with zero attached hydrogens (tertiary/aromatic N) is 2. The minimum Gasteiger partial charge on any atom is -0.478 e. The van der Waals surface area contributed by atoms with Gasteiger partial charge in [-0.15, -0.1) is 0 Å². The average Bonchev–Trinajstić information content (AvgIpc) is 3.27. The number of aromatic nitrogens is 1. The van der Waals surface area contributed by atoms with E-state index >= 15 is 0 Å². The molecule has 1 saturated heterocycles. The number of carboxylic acid groups (broad SMARTS) is 1. The second kappa shape index (κ2) is 7.41. The number of aromatic carboxylic acids is 1. The Morgan fingerprint density at radius 1 is 1.18 bits per heavy atom. The molecule has 1 aliphatic rings. The van der Waals surface area contributed by atoms with E-state index in [4.69, 9.17) is 21.7 Å². The molecule has 3 aromatic rings. The Bertz CT molecular complexity index is 1120. The summed E-state index contributed by atoms with van der Waals surface area (Å²) >= 11 is 6.43. The topological polar surface area (TPSA) is 83.6 Å². The van der Waals surface area contributed by atoms with Gasteiger partial charge in [0.05, 0.1) is 22.4 Å². The van der Waals surface area contributed by atoms with Crippen LogP contribution in [-0.4, -0.2) is 26.3 Å². The third-order valence-electron chi connectivity index (χ3n) is 3.98. The maximum absolute atomic E-state index is 12.8. The SMILES string of the molecule is O=C(O)c1cncc(N2C(=O)/C(=C\c3ccc(-c4ccccc4)o3)SC2=S)c1. The van der Waals surface area contributed by atoms with E-state index in [1.165, 1.54) is 23.4 Å². The minimum absolute atomic E-state index is 0.0194. The van der Waals surface area contributed by atoms with Gasteiger partial charge >= 0.3 is 5.97 Å². The first kappa shape index (κ1) is 18.1. The summed E-state index contributed by atoms with van der Waals surface area (Å²) in [7, 11) is 0. The van der Waals surface area contributed by atoms with E-state index in [1.807, 2.05) is 36.4 Å². The van der Waals surface area contributed by atoms with E-state index in [2.05, 4.69) is 4.98 Å². The van der Waals surface area contributed by atoms with Gasteiger partial charge in [-0.2, -0.15) is 0 Å². The molecule has 1 N–H and O–H groups in total. The van der Waals surface area contributed by atoms with Gasteiger partial charge in [0.25, 0.3) is 5.91 Å². The van der Waals surface area contributed by atoms with Crippen LogP contribution in [0, 0.1) is 0 Å². The molecule has 1 fully saturated rings. The van der Waals surface area contributed by atoms with Crippen LogP contribution in [0.1, 0.15) is 16.1 Å². The summed E-state index contributed by atoms with van der Waals surface area (Å²) < 4.78 is 6.11. The van der Waals surface area contributed by atoms with E-state index < -0.39 is 5.97 Å². The number of thioether (sulfide) groups is 1. The fourth-order valence-corrected chi connectivity index (χ4v) is 3.95. The molecule has 6 nitrogen and oxygen atoms in total. The third-order valence-corrected chi connectivity index (χ3v) is 5.28. The van der Waals surface area contributed by atoms with E-state index in [0.29, 0.717) is 26.4 Å². The molecule has 3 heterocycles. The van der Waals surface area contributed by atoms with Crippen LogP contribution in [0.3, 0.4) is 0 Å². The normalized spacial score (nSPS) is 15.4. The van der Waals surface area contributed by atoms with Crippen molar-refractivity contribution in [2.75, 3.05) is 4.90 Å². The Labute approximate surface area is 169 Å². The Morgan fingerprint density at radius 2 is 1.96 bits per heavy atom. The summed E-state index contributed by atoms with van der Waals surface area (Å²) in [5, 5.41) is 9.12. The van der Waals surface area contributed by atoms with Gasteiger partial charge in [-0.05, 0) is 18.2 Å². The summed E-state index contributed by atoms with van der Waals surface area (Å²) in [5.41, 5.74) is 1.23. The molecule has 0 radical (unpaired) electrons. The fourth-order valence-electron chi connectivity index (χ4n) is 2.67. The maximum atomic E-state index is 12.8. The first-order valence-corrected chi connectivity index (χ1v) is 9.37. The van der Waals surface area contributed by atoms with Crippen LogP contribution in [0.25, 0.3) is 17.4 Å². The summed E-state index contributed by atoms with van der Waals surface area (Å²) in [6.45, 7) is 0. The van der Waals surface area contributed by atoms with Crippen LogP contribution in [-0.2, 0) is 4.79 Å². The summed E-state index contributed by atoms with van der Waals surface area (Å²) in [6, 6.07) is 14.6. The van der Waals surface area contributed by atoms with Crippen LogP contribution in [0.15, 0.2) is 70.2 Å². The van der Waals surface area contributed by atoms with Crippen LogP contribution >= 0.6 is 24.0 Å². The number of thiocarbonyl (C=S) groups is 1. The van der Waals surface area contributed by atoms with Crippen LogP contribution in [0.2, 0.25) is 0 Å². The van der Waals surface area contributed by atoms with Gasteiger partial charge in [0, 0.05) is 17.8 Å². The van der Waals surface area contributed by atoms with E-state index in [1.54, 1.807) is 12.1 Å². The lowest BCUT2D eigenvalue weighted by Gasteiger charge is -2.14.